The Kier molecular flexibility index (Phi) is 3.48. The fourth-order valence-electron chi connectivity index (χ4n) is 1.92. The number of amides is 1. The first-order valence-electron chi connectivity index (χ1n) is 5.94. The second kappa shape index (κ2) is 5.31. The number of nitrogens with one attached hydrogen (secondary N) is 1. The number of hydrogen-bond donors (Lipinski definition) is 2. The number of anilines is 2. The Labute approximate surface area is 128 Å². The first-order chi connectivity index (χ1) is 10.1. The lowest BCUT2D eigenvalue weighted by Crippen LogP contribution is -2.14. The zero-order valence-electron chi connectivity index (χ0n) is 10.6. The molecule has 0 fully saturated rings. The minimum absolute atomic E-state index is 0.104. The zero-order chi connectivity index (χ0) is 15.0. The van der Waals surface area contributed by atoms with Crippen LogP contribution < -0.4 is 11.1 Å². The lowest BCUT2D eigenvalue weighted by molar-refractivity contribution is 0.102. The lowest BCUT2D eigenvalue weighted by atomic mass is 10.1. The van der Waals surface area contributed by atoms with Crippen molar-refractivity contribution in [3.05, 3.63) is 52.2 Å². The number of fused-ring (bicyclic) bond motifs is 1. The Morgan fingerprint density at radius 1 is 1.33 bits per heavy atom. The third-order valence-electron chi connectivity index (χ3n) is 2.93. The molecule has 1 amide bonds. The number of benzene rings is 2. The van der Waals surface area contributed by atoms with E-state index in [1.165, 1.54) is 23.5 Å². The van der Waals surface area contributed by atoms with Crippen LogP contribution in [0.15, 0.2) is 35.8 Å². The molecule has 0 saturated carbocycles. The van der Waals surface area contributed by atoms with Gasteiger partial charge in [0.1, 0.15) is 11.3 Å². The normalized spacial score (nSPS) is 10.8. The number of halogens is 2. The molecule has 0 unspecified atom stereocenters. The molecule has 21 heavy (non-hydrogen) atoms. The minimum Gasteiger partial charge on any atom is -0.399 e. The minimum atomic E-state index is -0.686. The van der Waals surface area contributed by atoms with Crippen molar-refractivity contribution in [3.8, 4) is 0 Å². The van der Waals surface area contributed by atoms with Gasteiger partial charge >= 0.3 is 0 Å². The largest absolute Gasteiger partial charge is 0.399 e. The van der Waals surface area contributed by atoms with E-state index >= 15 is 0 Å². The highest BCUT2D eigenvalue weighted by Gasteiger charge is 2.16. The van der Waals surface area contributed by atoms with Crippen molar-refractivity contribution in [2.24, 2.45) is 0 Å². The number of rotatable bonds is 2. The maximum atomic E-state index is 13.8. The molecule has 0 spiro atoms. The van der Waals surface area contributed by atoms with Crippen molar-refractivity contribution < 1.29 is 9.18 Å². The molecular weight excluding hydrogens is 313 g/mol. The van der Waals surface area contributed by atoms with Crippen molar-refractivity contribution in [2.75, 3.05) is 11.1 Å². The third kappa shape index (κ3) is 2.55. The van der Waals surface area contributed by atoms with Gasteiger partial charge in [-0.15, -0.1) is 11.3 Å². The fourth-order valence-corrected chi connectivity index (χ4v) is 2.81. The third-order valence-corrected chi connectivity index (χ3v) is 4.04. The lowest BCUT2D eigenvalue weighted by Gasteiger charge is -2.09. The Morgan fingerprint density at radius 2 is 2.14 bits per heavy atom. The maximum Gasteiger partial charge on any atom is 0.258 e. The van der Waals surface area contributed by atoms with E-state index in [0.717, 1.165) is 10.8 Å². The van der Waals surface area contributed by atoms with Gasteiger partial charge in [-0.3, -0.25) is 4.79 Å². The van der Waals surface area contributed by atoms with E-state index in [9.17, 15) is 9.18 Å². The summed E-state index contributed by atoms with van der Waals surface area (Å²) >= 11 is 7.52. The number of nitrogens with two attached hydrogens (primary N) is 1. The molecule has 1 aromatic heterocycles. The van der Waals surface area contributed by atoms with E-state index in [4.69, 9.17) is 17.3 Å². The molecule has 0 saturated heterocycles. The summed E-state index contributed by atoms with van der Waals surface area (Å²) in [6, 6.07) is 7.36. The van der Waals surface area contributed by atoms with Gasteiger partial charge in [-0.05, 0) is 30.3 Å². The van der Waals surface area contributed by atoms with Gasteiger partial charge in [-0.2, -0.15) is 0 Å². The molecule has 106 valence electrons. The predicted molar refractivity (Wildman–Crippen MR) is 83.4 cm³/mol. The number of thiazole rings is 1. The monoisotopic (exact) mass is 321 g/mol. The topological polar surface area (TPSA) is 68.0 Å². The molecule has 4 nitrogen and oxygen atoms in total. The standard InChI is InChI=1S/C14H9ClFN3OS/c15-9-3-4-11-13(18-6-21-11)12(9)19-14(20)8-2-1-7(17)5-10(8)16/h1-6H,17H2,(H,19,20). The van der Waals surface area contributed by atoms with Crippen molar-refractivity contribution in [2.45, 2.75) is 0 Å². The summed E-state index contributed by atoms with van der Waals surface area (Å²) in [5, 5.41) is 2.95. The Hall–Kier alpha value is -2.18. The second-order valence-corrected chi connectivity index (χ2v) is 5.61. The molecule has 3 aromatic rings. The van der Waals surface area contributed by atoms with Crippen LogP contribution in [0, 0.1) is 5.82 Å². The van der Waals surface area contributed by atoms with Crippen LogP contribution in [-0.4, -0.2) is 10.9 Å². The van der Waals surface area contributed by atoms with E-state index in [-0.39, 0.29) is 11.3 Å². The van der Waals surface area contributed by atoms with Crippen LogP contribution in [0.1, 0.15) is 10.4 Å². The van der Waals surface area contributed by atoms with E-state index in [0.29, 0.717) is 16.2 Å². The summed E-state index contributed by atoms with van der Waals surface area (Å²) in [7, 11) is 0. The van der Waals surface area contributed by atoms with Crippen LogP contribution in [-0.2, 0) is 0 Å². The fraction of sp³-hybridized carbons (Fsp3) is 0. The van der Waals surface area contributed by atoms with Crippen LogP contribution in [0.4, 0.5) is 15.8 Å². The number of nitrogen functional groups attached to an aromatic ring is 1. The Morgan fingerprint density at radius 3 is 2.90 bits per heavy atom. The van der Waals surface area contributed by atoms with Gasteiger partial charge in [-0.25, -0.2) is 9.37 Å². The van der Waals surface area contributed by atoms with E-state index in [2.05, 4.69) is 10.3 Å². The van der Waals surface area contributed by atoms with E-state index < -0.39 is 11.7 Å². The molecule has 3 N–H and O–H groups in total. The van der Waals surface area contributed by atoms with Crippen LogP contribution in [0.25, 0.3) is 10.2 Å². The van der Waals surface area contributed by atoms with Crippen LogP contribution in [0.2, 0.25) is 5.02 Å². The summed E-state index contributed by atoms with van der Waals surface area (Å²) < 4.78 is 14.7. The highest BCUT2D eigenvalue weighted by Crippen LogP contribution is 2.32. The number of nitrogens with zero attached hydrogens (tertiary/aromatic N) is 1. The van der Waals surface area contributed by atoms with Gasteiger partial charge < -0.3 is 11.1 Å². The molecular formula is C14H9ClFN3OS. The first-order valence-corrected chi connectivity index (χ1v) is 7.20. The SMILES string of the molecule is Nc1ccc(C(=O)Nc2c(Cl)ccc3scnc23)c(F)c1. The van der Waals surface area contributed by atoms with Gasteiger partial charge in [0.05, 0.1) is 26.5 Å². The molecule has 0 bridgehead atoms. The highest BCUT2D eigenvalue weighted by atomic mass is 35.5. The first kappa shape index (κ1) is 13.8. The van der Waals surface area contributed by atoms with Gasteiger partial charge in [0.15, 0.2) is 0 Å². The molecule has 3 rings (SSSR count). The predicted octanol–water partition coefficient (Wildman–Crippen LogP) is 3.92. The quantitative estimate of drug-likeness (QED) is 0.703. The molecule has 0 aliphatic carbocycles. The van der Waals surface area contributed by atoms with Gasteiger partial charge in [0.25, 0.3) is 5.91 Å². The smallest absolute Gasteiger partial charge is 0.258 e. The Balaban J connectivity index is 2.00. The summed E-state index contributed by atoms with van der Waals surface area (Å²) in [4.78, 5) is 16.4. The van der Waals surface area contributed by atoms with Gasteiger partial charge in [0, 0.05) is 5.69 Å². The molecule has 7 heteroatoms. The van der Waals surface area contributed by atoms with Gasteiger partial charge in [0.2, 0.25) is 0 Å². The molecule has 0 aliphatic heterocycles. The van der Waals surface area contributed by atoms with Crippen molar-refractivity contribution in [1.82, 2.24) is 4.98 Å². The van der Waals surface area contributed by atoms with Crippen molar-refractivity contribution >= 4 is 50.4 Å². The number of aromatic nitrogens is 1. The highest BCUT2D eigenvalue weighted by molar-refractivity contribution is 7.16. The number of carbonyl (C=O) groups is 1. The molecule has 0 atom stereocenters. The summed E-state index contributed by atoms with van der Waals surface area (Å²) in [6.07, 6.45) is 0. The van der Waals surface area contributed by atoms with Gasteiger partial charge in [-0.1, -0.05) is 11.6 Å². The maximum absolute atomic E-state index is 13.8. The van der Waals surface area contributed by atoms with Crippen molar-refractivity contribution in [3.63, 3.8) is 0 Å². The van der Waals surface area contributed by atoms with Crippen LogP contribution in [0.3, 0.4) is 0 Å². The summed E-state index contributed by atoms with van der Waals surface area (Å²) in [6.45, 7) is 0. The summed E-state index contributed by atoms with van der Waals surface area (Å²) in [5.41, 5.74) is 8.22. The van der Waals surface area contributed by atoms with E-state index in [1.54, 1.807) is 11.6 Å². The molecule has 0 radical (unpaired) electrons. The Bertz CT molecular complexity index is 849. The number of carbonyl (C=O) groups excluding carboxylic acids is 1. The zero-order valence-corrected chi connectivity index (χ0v) is 12.1. The van der Waals surface area contributed by atoms with E-state index in [1.807, 2.05) is 6.07 Å². The molecule has 0 aliphatic rings. The summed E-state index contributed by atoms with van der Waals surface area (Å²) in [5.74, 6) is -1.29. The average molecular weight is 322 g/mol. The number of hydrogen-bond acceptors (Lipinski definition) is 4. The second-order valence-electron chi connectivity index (χ2n) is 4.31. The average Bonchev–Trinajstić information content (AvgIpc) is 2.90. The van der Waals surface area contributed by atoms with Crippen LogP contribution >= 0.6 is 22.9 Å². The van der Waals surface area contributed by atoms with Crippen LogP contribution in [0.5, 0.6) is 0 Å². The molecule has 2 aromatic carbocycles. The molecule has 1 heterocycles. The van der Waals surface area contributed by atoms with Crippen molar-refractivity contribution in [1.29, 1.82) is 0 Å².